The minimum absolute atomic E-state index is 0.169. The van der Waals surface area contributed by atoms with Gasteiger partial charge in [0.1, 0.15) is 5.15 Å². The van der Waals surface area contributed by atoms with Crippen LogP contribution in [-0.2, 0) is 0 Å². The van der Waals surface area contributed by atoms with Crippen molar-refractivity contribution in [1.29, 1.82) is 0 Å². The largest absolute Gasteiger partial charge is 0.321 e. The van der Waals surface area contributed by atoms with Gasteiger partial charge < -0.3 is 5.32 Å². The van der Waals surface area contributed by atoms with Crippen molar-refractivity contribution in [3.05, 3.63) is 57.3 Å². The number of rotatable bonds is 2. The number of pyridine rings is 1. The Morgan fingerprint density at radius 3 is 2.78 bits per heavy atom. The van der Waals surface area contributed by atoms with E-state index < -0.39 is 0 Å². The molecule has 0 aliphatic rings. The van der Waals surface area contributed by atoms with Crippen LogP contribution in [0.15, 0.2) is 41.0 Å². The number of benzene rings is 1. The monoisotopic (exact) mass is 324 g/mol. The predicted octanol–water partition coefficient (Wildman–Crippen LogP) is 4.06. The lowest BCUT2D eigenvalue weighted by Crippen LogP contribution is -2.13. The first-order valence-corrected chi connectivity index (χ1v) is 6.43. The summed E-state index contributed by atoms with van der Waals surface area (Å²) in [5.41, 5.74) is 2.14. The van der Waals surface area contributed by atoms with E-state index in [0.29, 0.717) is 16.4 Å². The minimum Gasteiger partial charge on any atom is -0.321 e. The smallest absolute Gasteiger partial charge is 0.256 e. The normalized spacial score (nSPS) is 10.2. The molecule has 0 saturated heterocycles. The maximum atomic E-state index is 12.1. The van der Waals surface area contributed by atoms with Gasteiger partial charge in [0.05, 0.1) is 11.9 Å². The first-order chi connectivity index (χ1) is 8.58. The molecule has 3 nitrogen and oxygen atoms in total. The molecular formula is C13H10BrClN2O. The fourth-order valence-corrected chi connectivity index (χ4v) is 1.98. The number of hydrogen-bond donors (Lipinski definition) is 1. The zero-order chi connectivity index (χ0) is 13.1. The third-order valence-electron chi connectivity index (χ3n) is 2.50. The van der Waals surface area contributed by atoms with Crippen LogP contribution in [0.1, 0.15) is 15.9 Å². The Hall–Kier alpha value is -1.39. The number of halogens is 2. The Morgan fingerprint density at radius 2 is 2.11 bits per heavy atom. The van der Waals surface area contributed by atoms with Crippen molar-refractivity contribution in [2.75, 3.05) is 5.32 Å². The van der Waals surface area contributed by atoms with Crippen molar-refractivity contribution in [3.63, 3.8) is 0 Å². The summed E-state index contributed by atoms with van der Waals surface area (Å²) in [7, 11) is 0. The number of hydrogen-bond acceptors (Lipinski definition) is 2. The zero-order valence-corrected chi connectivity index (χ0v) is 11.9. The summed E-state index contributed by atoms with van der Waals surface area (Å²) in [5.74, 6) is -0.169. The zero-order valence-electron chi connectivity index (χ0n) is 9.58. The number of nitrogens with zero attached hydrogens (tertiary/aromatic N) is 1. The highest BCUT2D eigenvalue weighted by molar-refractivity contribution is 9.10. The quantitative estimate of drug-likeness (QED) is 0.846. The van der Waals surface area contributed by atoms with E-state index in [2.05, 4.69) is 26.2 Å². The molecule has 18 heavy (non-hydrogen) atoms. The molecule has 0 spiro atoms. The van der Waals surface area contributed by atoms with Gasteiger partial charge in [-0.3, -0.25) is 4.79 Å². The van der Waals surface area contributed by atoms with Gasteiger partial charge in [-0.25, -0.2) is 4.98 Å². The Labute approximate surface area is 118 Å². The number of nitrogens with one attached hydrogen (secondary N) is 1. The molecule has 1 aromatic heterocycles. The van der Waals surface area contributed by atoms with Crippen molar-refractivity contribution in [2.45, 2.75) is 6.92 Å². The third-order valence-corrected chi connectivity index (χ3v) is 3.58. The highest BCUT2D eigenvalue weighted by atomic mass is 79.9. The molecule has 2 rings (SSSR count). The van der Waals surface area contributed by atoms with Gasteiger partial charge in [-0.05, 0) is 36.8 Å². The average Bonchev–Trinajstić information content (AvgIpc) is 2.35. The minimum atomic E-state index is -0.169. The van der Waals surface area contributed by atoms with Crippen LogP contribution in [-0.4, -0.2) is 10.9 Å². The van der Waals surface area contributed by atoms with Gasteiger partial charge in [0, 0.05) is 10.0 Å². The number of aromatic nitrogens is 1. The molecule has 1 N–H and O–H groups in total. The highest BCUT2D eigenvalue weighted by Gasteiger charge is 2.10. The number of carbonyl (C=O) groups is 1. The molecule has 1 amide bonds. The molecule has 92 valence electrons. The SMILES string of the molecule is Cc1c(Br)cccc1C(=O)Nc1ccc(Cl)nc1. The van der Waals surface area contributed by atoms with Crippen LogP contribution in [0.5, 0.6) is 0 Å². The Morgan fingerprint density at radius 1 is 1.33 bits per heavy atom. The molecule has 0 fully saturated rings. The van der Waals surface area contributed by atoms with Crippen LogP contribution in [0, 0.1) is 6.92 Å². The molecule has 0 saturated carbocycles. The molecule has 0 bridgehead atoms. The van der Waals surface area contributed by atoms with Crippen LogP contribution in [0.3, 0.4) is 0 Å². The predicted molar refractivity (Wildman–Crippen MR) is 76.1 cm³/mol. The van der Waals surface area contributed by atoms with Crippen molar-refractivity contribution < 1.29 is 4.79 Å². The topological polar surface area (TPSA) is 42.0 Å². The first-order valence-electron chi connectivity index (χ1n) is 5.26. The van der Waals surface area contributed by atoms with Crippen LogP contribution in [0.25, 0.3) is 0 Å². The molecule has 0 radical (unpaired) electrons. The Balaban J connectivity index is 2.22. The van der Waals surface area contributed by atoms with Crippen LogP contribution >= 0.6 is 27.5 Å². The summed E-state index contributed by atoms with van der Waals surface area (Å²) in [6.07, 6.45) is 1.52. The fraction of sp³-hybridized carbons (Fsp3) is 0.0769. The van der Waals surface area contributed by atoms with E-state index in [4.69, 9.17) is 11.6 Å². The summed E-state index contributed by atoms with van der Waals surface area (Å²) < 4.78 is 0.907. The lowest BCUT2D eigenvalue weighted by molar-refractivity contribution is 0.102. The van der Waals surface area contributed by atoms with Gasteiger partial charge in [0.2, 0.25) is 0 Å². The molecule has 2 aromatic rings. The van der Waals surface area contributed by atoms with Crippen LogP contribution in [0.2, 0.25) is 5.15 Å². The van der Waals surface area contributed by atoms with E-state index in [1.807, 2.05) is 19.1 Å². The molecule has 0 atom stereocenters. The first kappa shape index (κ1) is 13.1. The van der Waals surface area contributed by atoms with E-state index in [0.717, 1.165) is 10.0 Å². The average molecular weight is 326 g/mol. The van der Waals surface area contributed by atoms with Crippen LogP contribution < -0.4 is 5.32 Å². The number of carbonyl (C=O) groups excluding carboxylic acids is 1. The van der Waals surface area contributed by atoms with Crippen molar-refractivity contribution >= 4 is 39.1 Å². The second-order valence-electron chi connectivity index (χ2n) is 3.74. The maximum Gasteiger partial charge on any atom is 0.256 e. The molecule has 0 aliphatic heterocycles. The lowest BCUT2D eigenvalue weighted by atomic mass is 10.1. The second-order valence-corrected chi connectivity index (χ2v) is 4.98. The summed E-state index contributed by atoms with van der Waals surface area (Å²) in [5, 5.41) is 3.17. The summed E-state index contributed by atoms with van der Waals surface area (Å²) in [6.45, 7) is 1.89. The van der Waals surface area contributed by atoms with Gasteiger partial charge in [0.15, 0.2) is 0 Å². The third kappa shape index (κ3) is 2.89. The van der Waals surface area contributed by atoms with Gasteiger partial charge >= 0.3 is 0 Å². The summed E-state index contributed by atoms with van der Waals surface area (Å²) in [6, 6.07) is 8.84. The van der Waals surface area contributed by atoms with E-state index in [1.165, 1.54) is 6.20 Å². The molecule has 0 unspecified atom stereocenters. The Kier molecular flexibility index (Phi) is 3.99. The summed E-state index contributed by atoms with van der Waals surface area (Å²) in [4.78, 5) is 16.0. The van der Waals surface area contributed by atoms with E-state index in [9.17, 15) is 4.79 Å². The second kappa shape index (κ2) is 5.50. The molecule has 5 heteroatoms. The standard InChI is InChI=1S/C13H10BrClN2O/c1-8-10(3-2-4-11(8)14)13(18)17-9-5-6-12(15)16-7-9/h2-7H,1H3,(H,17,18). The molecular weight excluding hydrogens is 316 g/mol. The van der Waals surface area contributed by atoms with Gasteiger partial charge in [-0.15, -0.1) is 0 Å². The maximum absolute atomic E-state index is 12.1. The van der Waals surface area contributed by atoms with Gasteiger partial charge in [-0.1, -0.05) is 33.6 Å². The highest BCUT2D eigenvalue weighted by Crippen LogP contribution is 2.20. The van der Waals surface area contributed by atoms with Crippen molar-refractivity contribution in [3.8, 4) is 0 Å². The molecule has 0 aliphatic carbocycles. The van der Waals surface area contributed by atoms with Gasteiger partial charge in [-0.2, -0.15) is 0 Å². The van der Waals surface area contributed by atoms with E-state index >= 15 is 0 Å². The van der Waals surface area contributed by atoms with Gasteiger partial charge in [0.25, 0.3) is 5.91 Å². The molecule has 1 aromatic carbocycles. The fourth-order valence-electron chi connectivity index (χ4n) is 1.50. The number of amides is 1. The summed E-state index contributed by atoms with van der Waals surface area (Å²) >= 11 is 9.08. The van der Waals surface area contributed by atoms with E-state index in [-0.39, 0.29) is 5.91 Å². The van der Waals surface area contributed by atoms with Crippen molar-refractivity contribution in [2.24, 2.45) is 0 Å². The number of anilines is 1. The van der Waals surface area contributed by atoms with Crippen LogP contribution in [0.4, 0.5) is 5.69 Å². The lowest BCUT2D eigenvalue weighted by Gasteiger charge is -2.08. The van der Waals surface area contributed by atoms with Crippen molar-refractivity contribution in [1.82, 2.24) is 4.98 Å². The molecule has 1 heterocycles. The Bertz CT molecular complexity index is 584. The van der Waals surface area contributed by atoms with E-state index in [1.54, 1.807) is 18.2 Å².